The first-order valence-corrected chi connectivity index (χ1v) is 8.24. The third-order valence-corrected chi connectivity index (χ3v) is 5.29. The van der Waals surface area contributed by atoms with Gasteiger partial charge in [-0.15, -0.1) is 0 Å². The molecule has 116 valence electrons. The van der Waals surface area contributed by atoms with Crippen molar-refractivity contribution < 1.29 is 10.2 Å². The number of anilines is 1. The topological polar surface area (TPSA) is 56.6 Å². The van der Waals surface area contributed by atoms with Crippen LogP contribution in [-0.2, 0) is 0 Å². The number of aromatic nitrogens is 1. The third kappa shape index (κ3) is 2.92. The molecular weight excluding hydrogens is 264 g/mol. The maximum atomic E-state index is 10.7. The molecule has 1 aromatic heterocycles. The van der Waals surface area contributed by atoms with E-state index in [4.69, 9.17) is 0 Å². The summed E-state index contributed by atoms with van der Waals surface area (Å²) in [6.45, 7) is 3.77. The van der Waals surface area contributed by atoms with Gasteiger partial charge in [0.15, 0.2) is 0 Å². The van der Waals surface area contributed by atoms with Gasteiger partial charge in [0, 0.05) is 19.0 Å². The lowest BCUT2D eigenvalue weighted by Crippen LogP contribution is -2.53. The van der Waals surface area contributed by atoms with Crippen LogP contribution in [0, 0.1) is 5.92 Å². The van der Waals surface area contributed by atoms with Gasteiger partial charge in [0.05, 0.1) is 29.3 Å². The maximum absolute atomic E-state index is 10.7. The van der Waals surface area contributed by atoms with E-state index in [1.165, 1.54) is 6.42 Å². The molecule has 1 saturated carbocycles. The first-order chi connectivity index (χ1) is 10.1. The van der Waals surface area contributed by atoms with Gasteiger partial charge in [-0.3, -0.25) is 4.98 Å². The van der Waals surface area contributed by atoms with Crippen LogP contribution in [0.4, 0.5) is 5.69 Å². The quantitative estimate of drug-likeness (QED) is 0.898. The zero-order chi connectivity index (χ0) is 14.9. The van der Waals surface area contributed by atoms with Crippen molar-refractivity contribution in [3.63, 3.8) is 0 Å². The Morgan fingerprint density at radius 3 is 2.95 bits per heavy atom. The highest BCUT2D eigenvalue weighted by atomic mass is 16.3. The zero-order valence-electron chi connectivity index (χ0n) is 12.8. The van der Waals surface area contributed by atoms with E-state index >= 15 is 0 Å². The van der Waals surface area contributed by atoms with Gasteiger partial charge in [-0.25, -0.2) is 0 Å². The summed E-state index contributed by atoms with van der Waals surface area (Å²) in [7, 11) is 0. The molecular formula is C17H26N2O2. The molecule has 0 bridgehead atoms. The number of aliphatic hydroxyl groups excluding tert-OH is 1. The monoisotopic (exact) mass is 290 g/mol. The Bertz CT molecular complexity index is 476. The number of hydrogen-bond donors (Lipinski definition) is 2. The SMILES string of the molecule is CCC(O)c1ccc(N2CCC3(O)CCCCC3C2)cn1. The Kier molecular flexibility index (Phi) is 4.18. The predicted molar refractivity (Wildman–Crippen MR) is 83.2 cm³/mol. The van der Waals surface area contributed by atoms with Gasteiger partial charge in [-0.1, -0.05) is 19.8 Å². The Hall–Kier alpha value is -1.13. The van der Waals surface area contributed by atoms with Gasteiger partial charge in [-0.05, 0) is 37.8 Å². The minimum absolute atomic E-state index is 0.390. The number of piperidine rings is 1. The molecule has 0 aromatic carbocycles. The molecule has 1 saturated heterocycles. The molecule has 1 aromatic rings. The van der Waals surface area contributed by atoms with E-state index in [2.05, 4.69) is 16.0 Å². The number of hydrogen-bond acceptors (Lipinski definition) is 4. The van der Waals surface area contributed by atoms with Crippen molar-refractivity contribution in [2.24, 2.45) is 5.92 Å². The summed E-state index contributed by atoms with van der Waals surface area (Å²) in [5.41, 5.74) is 1.42. The molecule has 2 N–H and O–H groups in total. The smallest absolute Gasteiger partial charge is 0.0957 e. The van der Waals surface area contributed by atoms with Crippen LogP contribution in [0.15, 0.2) is 18.3 Å². The fourth-order valence-electron chi connectivity index (χ4n) is 3.80. The van der Waals surface area contributed by atoms with Gasteiger partial charge in [0.2, 0.25) is 0 Å². The van der Waals surface area contributed by atoms with Crippen LogP contribution in [-0.4, -0.2) is 33.9 Å². The lowest BCUT2D eigenvalue weighted by Gasteiger charge is -2.48. The van der Waals surface area contributed by atoms with Gasteiger partial charge in [0.1, 0.15) is 0 Å². The highest BCUT2D eigenvalue weighted by Gasteiger charge is 2.42. The summed E-state index contributed by atoms with van der Waals surface area (Å²) < 4.78 is 0. The van der Waals surface area contributed by atoms with Crippen molar-refractivity contribution >= 4 is 5.69 Å². The van der Waals surface area contributed by atoms with E-state index in [0.717, 1.165) is 50.2 Å². The lowest BCUT2D eigenvalue weighted by atomic mass is 9.71. The molecule has 2 heterocycles. The molecule has 0 amide bonds. The van der Waals surface area contributed by atoms with Crippen molar-refractivity contribution in [2.45, 2.75) is 57.2 Å². The Morgan fingerprint density at radius 1 is 1.38 bits per heavy atom. The molecule has 4 nitrogen and oxygen atoms in total. The summed E-state index contributed by atoms with van der Waals surface area (Å²) in [6, 6.07) is 3.97. The van der Waals surface area contributed by atoms with E-state index in [-0.39, 0.29) is 0 Å². The van der Waals surface area contributed by atoms with E-state index in [0.29, 0.717) is 12.3 Å². The molecule has 4 heteroatoms. The van der Waals surface area contributed by atoms with E-state index in [1.54, 1.807) is 0 Å². The van der Waals surface area contributed by atoms with Gasteiger partial charge in [0.25, 0.3) is 0 Å². The maximum Gasteiger partial charge on any atom is 0.0957 e. The number of fused-ring (bicyclic) bond motifs is 1. The summed E-state index contributed by atoms with van der Waals surface area (Å²) in [5, 5.41) is 20.5. The van der Waals surface area contributed by atoms with Crippen molar-refractivity contribution in [3.8, 4) is 0 Å². The first-order valence-electron chi connectivity index (χ1n) is 8.24. The standard InChI is InChI=1S/C17H26N2O2/c1-2-16(20)15-7-6-14(11-18-15)19-10-9-17(21)8-4-3-5-13(17)12-19/h6-7,11,13,16,20-21H,2-5,8-10,12H2,1H3. The number of nitrogens with zero attached hydrogens (tertiary/aromatic N) is 2. The van der Waals surface area contributed by atoms with Crippen LogP contribution in [0.25, 0.3) is 0 Å². The van der Waals surface area contributed by atoms with Crippen LogP contribution < -0.4 is 4.90 Å². The lowest BCUT2D eigenvalue weighted by molar-refractivity contribution is -0.0612. The van der Waals surface area contributed by atoms with E-state index in [9.17, 15) is 10.2 Å². The fraction of sp³-hybridized carbons (Fsp3) is 0.706. The summed E-state index contributed by atoms with van der Waals surface area (Å²) in [5.74, 6) is 0.390. The summed E-state index contributed by atoms with van der Waals surface area (Å²) in [4.78, 5) is 6.72. The number of pyridine rings is 1. The highest BCUT2D eigenvalue weighted by molar-refractivity contribution is 5.45. The number of rotatable bonds is 3. The van der Waals surface area contributed by atoms with Crippen LogP contribution in [0.1, 0.15) is 57.2 Å². The second-order valence-corrected chi connectivity index (χ2v) is 6.61. The van der Waals surface area contributed by atoms with Gasteiger partial charge in [-0.2, -0.15) is 0 Å². The zero-order valence-corrected chi connectivity index (χ0v) is 12.8. The molecule has 0 radical (unpaired) electrons. The molecule has 0 spiro atoms. The Morgan fingerprint density at radius 2 is 2.24 bits per heavy atom. The Balaban J connectivity index is 1.70. The largest absolute Gasteiger partial charge is 0.389 e. The highest BCUT2D eigenvalue weighted by Crippen LogP contribution is 2.40. The fourth-order valence-corrected chi connectivity index (χ4v) is 3.80. The van der Waals surface area contributed by atoms with Gasteiger partial charge >= 0.3 is 0 Å². The minimum Gasteiger partial charge on any atom is -0.389 e. The Labute approximate surface area is 126 Å². The first kappa shape index (κ1) is 14.8. The molecule has 3 atom stereocenters. The average molecular weight is 290 g/mol. The molecule has 3 unspecified atom stereocenters. The molecule has 2 aliphatic rings. The molecule has 21 heavy (non-hydrogen) atoms. The van der Waals surface area contributed by atoms with Crippen molar-refractivity contribution in [3.05, 3.63) is 24.0 Å². The second-order valence-electron chi connectivity index (χ2n) is 6.61. The van der Waals surface area contributed by atoms with Crippen molar-refractivity contribution in [2.75, 3.05) is 18.0 Å². The average Bonchev–Trinajstić information content (AvgIpc) is 2.53. The molecule has 1 aliphatic carbocycles. The summed E-state index contributed by atoms with van der Waals surface area (Å²) in [6.07, 6.45) is 7.43. The molecule has 1 aliphatic heterocycles. The normalized spacial score (nSPS) is 30.8. The van der Waals surface area contributed by atoms with Crippen molar-refractivity contribution in [1.29, 1.82) is 0 Å². The van der Waals surface area contributed by atoms with Crippen LogP contribution >= 0.6 is 0 Å². The van der Waals surface area contributed by atoms with Crippen molar-refractivity contribution in [1.82, 2.24) is 4.98 Å². The van der Waals surface area contributed by atoms with E-state index < -0.39 is 11.7 Å². The predicted octanol–water partition coefficient (Wildman–Crippen LogP) is 2.66. The van der Waals surface area contributed by atoms with Crippen LogP contribution in [0.5, 0.6) is 0 Å². The second kappa shape index (κ2) is 5.93. The van der Waals surface area contributed by atoms with Crippen LogP contribution in [0.2, 0.25) is 0 Å². The molecule has 2 fully saturated rings. The summed E-state index contributed by atoms with van der Waals surface area (Å²) >= 11 is 0. The van der Waals surface area contributed by atoms with Crippen LogP contribution in [0.3, 0.4) is 0 Å². The van der Waals surface area contributed by atoms with Gasteiger partial charge < -0.3 is 15.1 Å². The molecule has 3 rings (SSSR count). The third-order valence-electron chi connectivity index (χ3n) is 5.29. The van der Waals surface area contributed by atoms with E-state index in [1.807, 2.05) is 19.2 Å². The minimum atomic E-state index is -0.469. The number of aliphatic hydroxyl groups is 2.